The quantitative estimate of drug-likeness (QED) is 0.249. The summed E-state index contributed by atoms with van der Waals surface area (Å²) in [6.07, 6.45) is 4.02. The summed E-state index contributed by atoms with van der Waals surface area (Å²) in [6, 6.07) is 23.0. The van der Waals surface area contributed by atoms with Crippen LogP contribution in [0.15, 0.2) is 78.9 Å². The SMILES string of the molecule is CC(C)OC(=O)c1ccc(NC(=O)N[C@@H](Cc2ccc(O)cc2)C(=O)NC2C[C@H]3CC[C@@H](C2)N3Cc2ccccc2)cc1. The van der Waals surface area contributed by atoms with Crippen LogP contribution in [0.1, 0.15) is 61.0 Å². The van der Waals surface area contributed by atoms with Crippen molar-refractivity contribution in [2.75, 3.05) is 5.32 Å². The van der Waals surface area contributed by atoms with E-state index in [1.807, 2.05) is 6.07 Å². The highest BCUT2D eigenvalue weighted by Gasteiger charge is 2.41. The van der Waals surface area contributed by atoms with Crippen LogP contribution in [-0.2, 0) is 22.5 Å². The minimum absolute atomic E-state index is 0.0299. The second-order valence-electron chi connectivity index (χ2n) is 11.8. The number of esters is 1. The third-order valence-corrected chi connectivity index (χ3v) is 8.16. The second-order valence-corrected chi connectivity index (χ2v) is 11.8. The van der Waals surface area contributed by atoms with E-state index in [9.17, 15) is 19.5 Å². The van der Waals surface area contributed by atoms with Gasteiger partial charge >= 0.3 is 12.0 Å². The number of carbonyl (C=O) groups excluding carboxylic acids is 3. The molecule has 2 aliphatic heterocycles. The number of aromatic hydroxyl groups is 1. The molecule has 226 valence electrons. The van der Waals surface area contributed by atoms with Gasteiger partial charge in [0.25, 0.3) is 0 Å². The molecule has 0 aromatic heterocycles. The van der Waals surface area contributed by atoms with Gasteiger partial charge in [0.15, 0.2) is 0 Å². The fourth-order valence-electron chi connectivity index (χ4n) is 6.12. The standard InChI is InChI=1S/C34H40N4O5/c1-22(2)43-33(41)25-10-12-26(13-11-25)36-34(42)37-31(18-23-8-16-30(39)17-9-23)32(40)35-27-19-28-14-15-29(20-27)38(28)21-24-6-4-3-5-7-24/h3-13,16-17,22,27-29,31,39H,14-15,18-21H2,1-2H3,(H,35,40)(H2,36,37,42)/t27?,28-,29+,31-/m0/s1. The average Bonchev–Trinajstić information content (AvgIpc) is 3.20. The summed E-state index contributed by atoms with van der Waals surface area (Å²) < 4.78 is 5.21. The topological polar surface area (TPSA) is 120 Å². The number of hydrogen-bond acceptors (Lipinski definition) is 6. The van der Waals surface area contributed by atoms with Gasteiger partial charge in [-0.25, -0.2) is 9.59 Å². The zero-order valence-electron chi connectivity index (χ0n) is 24.7. The summed E-state index contributed by atoms with van der Waals surface area (Å²) in [7, 11) is 0. The average molecular weight is 585 g/mol. The van der Waals surface area contributed by atoms with Crippen molar-refractivity contribution < 1.29 is 24.2 Å². The largest absolute Gasteiger partial charge is 0.508 e. The van der Waals surface area contributed by atoms with Gasteiger partial charge in [-0.3, -0.25) is 9.69 Å². The number of benzene rings is 3. The summed E-state index contributed by atoms with van der Waals surface area (Å²) in [5.41, 5.74) is 2.97. The fourth-order valence-corrected chi connectivity index (χ4v) is 6.12. The number of ether oxygens (including phenoxy) is 1. The molecule has 0 spiro atoms. The zero-order valence-corrected chi connectivity index (χ0v) is 24.7. The molecule has 2 fully saturated rings. The van der Waals surface area contributed by atoms with E-state index >= 15 is 0 Å². The van der Waals surface area contributed by atoms with Gasteiger partial charge in [-0.1, -0.05) is 42.5 Å². The second kappa shape index (κ2) is 13.7. The maximum absolute atomic E-state index is 13.6. The Balaban J connectivity index is 1.21. The predicted molar refractivity (Wildman–Crippen MR) is 165 cm³/mol. The molecule has 9 nitrogen and oxygen atoms in total. The van der Waals surface area contributed by atoms with Gasteiger partial charge in [0.1, 0.15) is 11.8 Å². The number of anilines is 1. The third-order valence-electron chi connectivity index (χ3n) is 8.16. The maximum Gasteiger partial charge on any atom is 0.338 e. The van der Waals surface area contributed by atoms with Gasteiger partial charge in [0.05, 0.1) is 11.7 Å². The highest BCUT2D eigenvalue weighted by atomic mass is 16.5. The van der Waals surface area contributed by atoms with Crippen LogP contribution in [0.4, 0.5) is 10.5 Å². The molecule has 3 aromatic rings. The van der Waals surface area contributed by atoms with Crippen molar-refractivity contribution in [3.05, 3.63) is 95.6 Å². The third kappa shape index (κ3) is 8.14. The van der Waals surface area contributed by atoms with E-state index in [2.05, 4.69) is 45.1 Å². The summed E-state index contributed by atoms with van der Waals surface area (Å²) in [5.74, 6) is -0.541. The van der Waals surface area contributed by atoms with Crippen molar-refractivity contribution in [1.29, 1.82) is 0 Å². The first-order valence-electron chi connectivity index (χ1n) is 15.0. The molecule has 0 saturated carbocycles. The van der Waals surface area contributed by atoms with Crippen LogP contribution < -0.4 is 16.0 Å². The van der Waals surface area contributed by atoms with Crippen molar-refractivity contribution in [2.24, 2.45) is 0 Å². The lowest BCUT2D eigenvalue weighted by atomic mass is 9.95. The fraction of sp³-hybridized carbons (Fsp3) is 0.382. The molecule has 9 heteroatoms. The number of amides is 3. The molecule has 2 heterocycles. The molecule has 2 saturated heterocycles. The van der Waals surface area contributed by atoms with E-state index in [1.165, 1.54) is 5.56 Å². The Bertz CT molecular complexity index is 1380. The van der Waals surface area contributed by atoms with E-state index in [1.54, 1.807) is 62.4 Å². The van der Waals surface area contributed by atoms with Crippen LogP contribution in [-0.4, -0.2) is 58.2 Å². The van der Waals surface area contributed by atoms with Crippen molar-refractivity contribution in [3.8, 4) is 5.75 Å². The Hall–Kier alpha value is -4.37. The van der Waals surface area contributed by atoms with Gasteiger partial charge in [-0.15, -0.1) is 0 Å². The van der Waals surface area contributed by atoms with Gasteiger partial charge in [-0.05, 0) is 87.1 Å². The van der Waals surface area contributed by atoms with Crippen LogP contribution >= 0.6 is 0 Å². The van der Waals surface area contributed by atoms with E-state index in [0.29, 0.717) is 23.3 Å². The number of urea groups is 1. The van der Waals surface area contributed by atoms with Crippen LogP contribution in [0.5, 0.6) is 5.75 Å². The number of carbonyl (C=O) groups is 3. The van der Waals surface area contributed by atoms with E-state index in [0.717, 1.165) is 37.8 Å². The van der Waals surface area contributed by atoms with Crippen molar-refractivity contribution in [3.63, 3.8) is 0 Å². The van der Waals surface area contributed by atoms with Gasteiger partial charge < -0.3 is 25.8 Å². The number of nitrogens with one attached hydrogen (secondary N) is 3. The summed E-state index contributed by atoms with van der Waals surface area (Å²) >= 11 is 0. The van der Waals surface area contributed by atoms with Gasteiger partial charge in [-0.2, -0.15) is 0 Å². The Morgan fingerprint density at radius 1 is 0.884 bits per heavy atom. The maximum atomic E-state index is 13.6. The zero-order chi connectivity index (χ0) is 30.3. The molecule has 4 N–H and O–H groups in total. The molecule has 0 aliphatic carbocycles. The minimum atomic E-state index is -0.829. The lowest BCUT2D eigenvalue weighted by molar-refractivity contribution is -0.124. The smallest absolute Gasteiger partial charge is 0.338 e. The molecular weight excluding hydrogens is 544 g/mol. The number of fused-ring (bicyclic) bond motifs is 2. The molecule has 5 rings (SSSR count). The minimum Gasteiger partial charge on any atom is -0.508 e. The summed E-state index contributed by atoms with van der Waals surface area (Å²) in [6.45, 7) is 4.48. The van der Waals surface area contributed by atoms with Gasteiger partial charge in [0.2, 0.25) is 5.91 Å². The normalized spacial score (nSPS) is 20.3. The van der Waals surface area contributed by atoms with Crippen molar-refractivity contribution in [1.82, 2.24) is 15.5 Å². The van der Waals surface area contributed by atoms with E-state index < -0.39 is 18.0 Å². The first kappa shape index (κ1) is 30.1. The molecule has 43 heavy (non-hydrogen) atoms. The molecule has 4 atom stereocenters. The number of nitrogens with zero attached hydrogens (tertiary/aromatic N) is 1. The van der Waals surface area contributed by atoms with E-state index in [4.69, 9.17) is 4.74 Å². The monoisotopic (exact) mass is 584 g/mol. The molecule has 2 bridgehead atoms. The number of hydrogen-bond donors (Lipinski definition) is 4. The lowest BCUT2D eigenvalue weighted by Crippen LogP contribution is -2.55. The molecule has 3 amide bonds. The van der Waals surface area contributed by atoms with Crippen molar-refractivity contribution in [2.45, 2.75) is 82.8 Å². The van der Waals surface area contributed by atoms with Crippen LogP contribution in [0.25, 0.3) is 0 Å². The molecule has 1 unspecified atom stereocenters. The molecule has 0 radical (unpaired) electrons. The molecule has 3 aromatic carbocycles. The summed E-state index contributed by atoms with van der Waals surface area (Å²) in [4.78, 5) is 41.3. The Kier molecular flexibility index (Phi) is 9.61. The van der Waals surface area contributed by atoms with Crippen LogP contribution in [0.3, 0.4) is 0 Å². The number of phenolic OH excluding ortho intramolecular Hbond substituents is 1. The van der Waals surface area contributed by atoms with E-state index in [-0.39, 0.29) is 30.2 Å². The van der Waals surface area contributed by atoms with Crippen LogP contribution in [0, 0.1) is 0 Å². The number of rotatable bonds is 10. The Morgan fingerprint density at radius 2 is 1.53 bits per heavy atom. The number of piperidine rings is 1. The molecule has 2 aliphatic rings. The van der Waals surface area contributed by atoms with Crippen molar-refractivity contribution >= 4 is 23.6 Å². The van der Waals surface area contributed by atoms with Gasteiger partial charge in [0, 0.05) is 36.8 Å². The molecular formula is C34H40N4O5. The highest BCUT2D eigenvalue weighted by molar-refractivity contribution is 5.95. The first-order valence-corrected chi connectivity index (χ1v) is 15.0. The Morgan fingerprint density at radius 3 is 2.16 bits per heavy atom. The van der Waals surface area contributed by atoms with Crippen LogP contribution in [0.2, 0.25) is 0 Å². The first-order chi connectivity index (χ1) is 20.7. The number of phenols is 1. The summed E-state index contributed by atoms with van der Waals surface area (Å²) in [5, 5.41) is 18.5. The highest BCUT2D eigenvalue weighted by Crippen LogP contribution is 2.37. The predicted octanol–water partition coefficient (Wildman–Crippen LogP) is 5.00. The Labute approximate surface area is 252 Å². The lowest BCUT2D eigenvalue weighted by Gasteiger charge is -2.39.